The van der Waals surface area contributed by atoms with E-state index < -0.39 is 0 Å². The van der Waals surface area contributed by atoms with Gasteiger partial charge in [-0.05, 0) is 43.3 Å². The van der Waals surface area contributed by atoms with Crippen molar-refractivity contribution in [2.75, 3.05) is 12.3 Å². The zero-order chi connectivity index (χ0) is 12.3. The number of nitrogens with zero attached hydrogens (tertiary/aromatic N) is 1. The van der Waals surface area contributed by atoms with Crippen LogP contribution in [0.15, 0.2) is 42.6 Å². The van der Waals surface area contributed by atoms with Crippen LogP contribution in [0.3, 0.4) is 0 Å². The number of hydrogen-bond acceptors (Lipinski definition) is 3. The van der Waals surface area contributed by atoms with Crippen molar-refractivity contribution in [1.29, 1.82) is 0 Å². The molecule has 1 heterocycles. The van der Waals surface area contributed by atoms with E-state index in [-0.39, 0.29) is 5.97 Å². The second-order valence-corrected chi connectivity index (χ2v) is 3.58. The molecule has 0 aliphatic heterocycles. The quantitative estimate of drug-likeness (QED) is 0.649. The Morgan fingerprint density at radius 3 is 2.65 bits per heavy atom. The fourth-order valence-electron chi connectivity index (χ4n) is 1.61. The molecule has 0 saturated heterocycles. The van der Waals surface area contributed by atoms with Crippen molar-refractivity contribution >= 4 is 11.7 Å². The normalized spacial score (nSPS) is 10.2. The molecular weight excluding hydrogens is 216 g/mol. The molecule has 2 rings (SSSR count). The van der Waals surface area contributed by atoms with E-state index in [1.807, 2.05) is 24.4 Å². The van der Waals surface area contributed by atoms with Crippen molar-refractivity contribution in [1.82, 2.24) is 4.57 Å². The molecule has 0 aliphatic rings. The van der Waals surface area contributed by atoms with Gasteiger partial charge in [0.15, 0.2) is 0 Å². The molecule has 4 nitrogen and oxygen atoms in total. The van der Waals surface area contributed by atoms with E-state index in [9.17, 15) is 4.79 Å². The van der Waals surface area contributed by atoms with Gasteiger partial charge in [-0.15, -0.1) is 0 Å². The fourth-order valence-corrected chi connectivity index (χ4v) is 1.61. The predicted octanol–water partition coefficient (Wildman–Crippen LogP) is 2.24. The van der Waals surface area contributed by atoms with Gasteiger partial charge in [-0.3, -0.25) is 0 Å². The third-order valence-electron chi connectivity index (χ3n) is 2.40. The molecular formula is C13H14N2O2. The number of benzene rings is 1. The minimum atomic E-state index is -0.325. The summed E-state index contributed by atoms with van der Waals surface area (Å²) in [6.45, 7) is 2.15. The van der Waals surface area contributed by atoms with E-state index in [0.717, 1.165) is 5.69 Å². The molecule has 0 amide bonds. The van der Waals surface area contributed by atoms with E-state index >= 15 is 0 Å². The first-order valence-corrected chi connectivity index (χ1v) is 5.42. The highest BCUT2D eigenvalue weighted by Gasteiger charge is 2.12. The maximum absolute atomic E-state index is 11.7. The summed E-state index contributed by atoms with van der Waals surface area (Å²) in [5, 5.41) is 0. The first-order valence-electron chi connectivity index (χ1n) is 5.42. The molecule has 2 aromatic rings. The molecule has 0 fully saturated rings. The average Bonchev–Trinajstić information content (AvgIpc) is 2.79. The Labute approximate surface area is 99.6 Å². The maximum Gasteiger partial charge on any atom is 0.355 e. The van der Waals surface area contributed by atoms with Gasteiger partial charge in [-0.25, -0.2) is 4.79 Å². The van der Waals surface area contributed by atoms with E-state index in [2.05, 4.69) is 0 Å². The third kappa shape index (κ3) is 2.30. The molecule has 88 valence electrons. The smallest absolute Gasteiger partial charge is 0.355 e. The Bertz CT molecular complexity index is 514. The third-order valence-corrected chi connectivity index (χ3v) is 2.40. The molecule has 0 radical (unpaired) electrons. The van der Waals surface area contributed by atoms with Gasteiger partial charge in [0.05, 0.1) is 6.61 Å². The molecule has 0 bridgehead atoms. The topological polar surface area (TPSA) is 57.2 Å². The Hall–Kier alpha value is -2.23. The molecule has 1 aromatic carbocycles. The van der Waals surface area contributed by atoms with Gasteiger partial charge < -0.3 is 15.0 Å². The van der Waals surface area contributed by atoms with Crippen molar-refractivity contribution in [3.8, 4) is 5.69 Å². The summed E-state index contributed by atoms with van der Waals surface area (Å²) in [6.07, 6.45) is 1.82. The van der Waals surface area contributed by atoms with Crippen LogP contribution in [0.2, 0.25) is 0 Å². The summed E-state index contributed by atoms with van der Waals surface area (Å²) in [6, 6.07) is 10.8. The summed E-state index contributed by atoms with van der Waals surface area (Å²) < 4.78 is 6.76. The van der Waals surface area contributed by atoms with Crippen LogP contribution >= 0.6 is 0 Å². The Morgan fingerprint density at radius 2 is 2.00 bits per heavy atom. The van der Waals surface area contributed by atoms with Gasteiger partial charge in [0.1, 0.15) is 5.69 Å². The first kappa shape index (κ1) is 11.3. The Morgan fingerprint density at radius 1 is 1.29 bits per heavy atom. The second-order valence-electron chi connectivity index (χ2n) is 3.58. The predicted molar refractivity (Wildman–Crippen MR) is 66.1 cm³/mol. The number of carbonyl (C=O) groups is 1. The molecule has 0 aliphatic carbocycles. The molecule has 4 heteroatoms. The lowest BCUT2D eigenvalue weighted by molar-refractivity contribution is 0.0517. The van der Waals surface area contributed by atoms with Crippen LogP contribution in [0.5, 0.6) is 0 Å². The molecule has 1 aromatic heterocycles. The van der Waals surface area contributed by atoms with E-state index in [1.54, 1.807) is 29.7 Å². The molecule has 0 atom stereocenters. The van der Waals surface area contributed by atoms with Crippen molar-refractivity contribution in [3.05, 3.63) is 48.3 Å². The number of ether oxygens (including phenoxy) is 1. The Balaban J connectivity index is 2.36. The summed E-state index contributed by atoms with van der Waals surface area (Å²) in [7, 11) is 0. The summed E-state index contributed by atoms with van der Waals surface area (Å²) >= 11 is 0. The SMILES string of the molecule is CCOC(=O)c1cccn1-c1ccc(N)cc1. The minimum absolute atomic E-state index is 0.325. The number of esters is 1. The number of carbonyl (C=O) groups excluding carboxylic acids is 1. The van der Waals surface area contributed by atoms with E-state index in [0.29, 0.717) is 18.0 Å². The second kappa shape index (κ2) is 4.74. The van der Waals surface area contributed by atoms with Crippen LogP contribution in [0.4, 0.5) is 5.69 Å². The van der Waals surface area contributed by atoms with Crippen LogP contribution in [-0.2, 0) is 4.74 Å². The lowest BCUT2D eigenvalue weighted by Gasteiger charge is -2.08. The largest absolute Gasteiger partial charge is 0.461 e. The number of hydrogen-bond donors (Lipinski definition) is 1. The fraction of sp³-hybridized carbons (Fsp3) is 0.154. The monoisotopic (exact) mass is 230 g/mol. The first-order chi connectivity index (χ1) is 8.22. The molecule has 2 N–H and O–H groups in total. The zero-order valence-electron chi connectivity index (χ0n) is 9.59. The zero-order valence-corrected chi connectivity index (χ0v) is 9.59. The highest BCUT2D eigenvalue weighted by atomic mass is 16.5. The number of nitrogens with two attached hydrogens (primary N) is 1. The highest BCUT2D eigenvalue weighted by molar-refractivity contribution is 5.88. The number of nitrogen functional groups attached to an aromatic ring is 1. The van der Waals surface area contributed by atoms with E-state index in [4.69, 9.17) is 10.5 Å². The van der Waals surface area contributed by atoms with Crippen LogP contribution in [-0.4, -0.2) is 17.1 Å². The molecule has 17 heavy (non-hydrogen) atoms. The van der Waals surface area contributed by atoms with Crippen molar-refractivity contribution in [3.63, 3.8) is 0 Å². The van der Waals surface area contributed by atoms with Gasteiger partial charge in [0.25, 0.3) is 0 Å². The van der Waals surface area contributed by atoms with Gasteiger partial charge in [-0.1, -0.05) is 0 Å². The molecule has 0 spiro atoms. The number of rotatable bonds is 3. The van der Waals surface area contributed by atoms with Gasteiger partial charge in [0.2, 0.25) is 0 Å². The Kier molecular flexibility index (Phi) is 3.14. The van der Waals surface area contributed by atoms with Gasteiger partial charge in [0, 0.05) is 17.6 Å². The van der Waals surface area contributed by atoms with Crippen LogP contribution in [0.1, 0.15) is 17.4 Å². The summed E-state index contributed by atoms with van der Waals surface area (Å²) in [5.41, 5.74) is 7.71. The minimum Gasteiger partial charge on any atom is -0.461 e. The average molecular weight is 230 g/mol. The van der Waals surface area contributed by atoms with Crippen LogP contribution in [0.25, 0.3) is 5.69 Å². The molecule has 0 unspecified atom stereocenters. The lowest BCUT2D eigenvalue weighted by Crippen LogP contribution is -2.10. The summed E-state index contributed by atoms with van der Waals surface area (Å²) in [4.78, 5) is 11.7. The van der Waals surface area contributed by atoms with Gasteiger partial charge in [-0.2, -0.15) is 0 Å². The van der Waals surface area contributed by atoms with Crippen LogP contribution in [0, 0.1) is 0 Å². The van der Waals surface area contributed by atoms with Crippen molar-refractivity contribution in [2.45, 2.75) is 6.92 Å². The number of anilines is 1. The highest BCUT2D eigenvalue weighted by Crippen LogP contribution is 2.15. The molecule has 0 saturated carbocycles. The van der Waals surface area contributed by atoms with Crippen LogP contribution < -0.4 is 5.73 Å². The van der Waals surface area contributed by atoms with Crippen molar-refractivity contribution in [2.24, 2.45) is 0 Å². The van der Waals surface area contributed by atoms with Crippen molar-refractivity contribution < 1.29 is 9.53 Å². The maximum atomic E-state index is 11.7. The standard InChI is InChI=1S/C13H14N2O2/c1-2-17-13(16)12-4-3-9-15(12)11-7-5-10(14)6-8-11/h3-9H,2,14H2,1H3. The lowest BCUT2D eigenvalue weighted by atomic mass is 10.3. The van der Waals surface area contributed by atoms with Gasteiger partial charge >= 0.3 is 5.97 Å². The number of aromatic nitrogens is 1. The summed E-state index contributed by atoms with van der Waals surface area (Å²) in [5.74, 6) is -0.325. The van der Waals surface area contributed by atoms with E-state index in [1.165, 1.54) is 0 Å².